The lowest BCUT2D eigenvalue weighted by Crippen LogP contribution is -3.08. The monoisotopic (exact) mass is 276 g/mol. The molecule has 0 fully saturated rings. The maximum absolute atomic E-state index is 4.69. The van der Waals surface area contributed by atoms with Crippen LogP contribution in [0.25, 0.3) is 0 Å². The molecular weight excluding hydrogens is 260 g/mol. The molecule has 0 saturated heterocycles. The molecule has 0 spiro atoms. The van der Waals surface area contributed by atoms with Crippen molar-refractivity contribution in [1.29, 1.82) is 0 Å². The number of guanidine groups is 1. The summed E-state index contributed by atoms with van der Waals surface area (Å²) < 4.78 is 0. The number of nitrogens with one attached hydrogen (secondary N) is 2. The lowest BCUT2D eigenvalue weighted by Gasteiger charge is -2.18. The summed E-state index contributed by atoms with van der Waals surface area (Å²) in [4.78, 5) is 4.41. The van der Waals surface area contributed by atoms with E-state index in [0.29, 0.717) is 0 Å². The maximum atomic E-state index is 4.69. The minimum absolute atomic E-state index is 0. The molecule has 100 valence electrons. The Morgan fingerprint density at radius 1 is 1.11 bits per heavy atom. The molecule has 5 heteroatoms. The molecule has 19 heavy (non-hydrogen) atoms. The summed E-state index contributed by atoms with van der Waals surface area (Å²) in [7, 11) is 0. The van der Waals surface area contributed by atoms with Gasteiger partial charge in [0.05, 0.1) is 6.20 Å². The second-order valence-corrected chi connectivity index (χ2v) is 5.57. The van der Waals surface area contributed by atoms with Crippen LogP contribution >= 0.6 is 0 Å². The van der Waals surface area contributed by atoms with Gasteiger partial charge in [0.2, 0.25) is 0 Å². The highest BCUT2D eigenvalue weighted by Gasteiger charge is 2.41. The maximum Gasteiger partial charge on any atom is 0.338 e. The fourth-order valence-corrected chi connectivity index (χ4v) is 2.12. The first kappa shape index (κ1) is 13.8. The second kappa shape index (κ2) is 4.79. The highest BCUT2D eigenvalue weighted by Crippen LogP contribution is 2.22. The molecule has 1 aromatic carbocycles. The topological polar surface area (TPSA) is 41.2 Å². The van der Waals surface area contributed by atoms with Crippen LogP contribution in [0.2, 0.25) is 0 Å². The van der Waals surface area contributed by atoms with Gasteiger partial charge >= 0.3 is 5.96 Å². The predicted octanol–water partition coefficient (Wildman–Crippen LogP) is -1.90. The number of hydrogen-bond donors (Lipinski definition) is 2. The highest BCUT2D eigenvalue weighted by atomic mass is 35.5. The Balaban J connectivity index is 0.00000133. The summed E-state index contributed by atoms with van der Waals surface area (Å²) >= 11 is 0. The van der Waals surface area contributed by atoms with Gasteiger partial charge in [-0.1, -0.05) is 56.2 Å². The Hall–Kier alpha value is -1.65. The second-order valence-electron chi connectivity index (χ2n) is 5.57. The zero-order valence-corrected chi connectivity index (χ0v) is 12.0. The first-order chi connectivity index (χ1) is 8.55. The summed E-state index contributed by atoms with van der Waals surface area (Å²) in [5.74, 6) is 1.76. The van der Waals surface area contributed by atoms with Crippen molar-refractivity contribution in [2.45, 2.75) is 20.8 Å². The summed E-state index contributed by atoms with van der Waals surface area (Å²) in [5.41, 5.74) is 2.35. The van der Waals surface area contributed by atoms with Crippen LogP contribution in [0, 0.1) is 5.41 Å². The molecule has 0 radical (unpaired) electrons. The number of quaternary nitrogens is 1. The average Bonchev–Trinajstić information content (AvgIpc) is 2.87. The van der Waals surface area contributed by atoms with Gasteiger partial charge in [-0.25, -0.2) is 0 Å². The molecule has 3 rings (SSSR count). The summed E-state index contributed by atoms with van der Waals surface area (Å²) in [5, 5.41) is 8.96. The van der Waals surface area contributed by atoms with E-state index >= 15 is 0 Å². The van der Waals surface area contributed by atoms with Crippen LogP contribution in [-0.2, 0) is 0 Å². The van der Waals surface area contributed by atoms with Crippen LogP contribution in [0.3, 0.4) is 0 Å². The standard InChI is InChI=1S/C14H16N4.ClH/c1-14(2,3)11-9-15-13-16-12(17-18(11)13)10-7-5-4-6-8-10;/h4-9H,1-3H3,(H,15,16,17);1H. The van der Waals surface area contributed by atoms with Crippen molar-refractivity contribution in [3.8, 4) is 0 Å². The van der Waals surface area contributed by atoms with Gasteiger partial charge in [-0.15, -0.1) is 5.01 Å². The highest BCUT2D eigenvalue weighted by molar-refractivity contribution is 6.09. The third-order valence-electron chi connectivity index (χ3n) is 3.12. The molecule has 2 aliphatic heterocycles. The summed E-state index contributed by atoms with van der Waals surface area (Å²) in [6.45, 7) is 6.54. The van der Waals surface area contributed by atoms with E-state index in [9.17, 15) is 0 Å². The van der Waals surface area contributed by atoms with Crippen molar-refractivity contribution in [3.05, 3.63) is 47.8 Å². The van der Waals surface area contributed by atoms with Gasteiger partial charge in [0.25, 0.3) is 0 Å². The Morgan fingerprint density at radius 2 is 1.79 bits per heavy atom. The largest absolute Gasteiger partial charge is 1.00 e. The van der Waals surface area contributed by atoms with Gasteiger partial charge in [-0.2, -0.15) is 4.99 Å². The van der Waals surface area contributed by atoms with E-state index < -0.39 is 0 Å². The van der Waals surface area contributed by atoms with Crippen LogP contribution in [0.15, 0.2) is 52.3 Å². The number of aliphatic imine (C=N–C) groups is 1. The molecule has 0 aliphatic carbocycles. The van der Waals surface area contributed by atoms with Gasteiger partial charge in [0, 0.05) is 11.0 Å². The number of nitrogens with zero attached hydrogens (tertiary/aromatic N) is 2. The van der Waals surface area contributed by atoms with Crippen LogP contribution in [0.1, 0.15) is 26.3 Å². The number of amidine groups is 1. The molecule has 2 aliphatic rings. The summed E-state index contributed by atoms with van der Waals surface area (Å²) in [6, 6.07) is 10.1. The van der Waals surface area contributed by atoms with Crippen molar-refractivity contribution in [1.82, 2.24) is 5.32 Å². The van der Waals surface area contributed by atoms with Crippen LogP contribution < -0.4 is 22.7 Å². The van der Waals surface area contributed by atoms with Gasteiger partial charge in [-0.3, -0.25) is 5.32 Å². The van der Waals surface area contributed by atoms with Gasteiger partial charge < -0.3 is 12.4 Å². The summed E-state index contributed by atoms with van der Waals surface area (Å²) in [6.07, 6.45) is 1.92. The normalized spacial score (nSPS) is 20.8. The zero-order chi connectivity index (χ0) is 12.8. The number of fused-ring (bicyclic) bond motifs is 1. The quantitative estimate of drug-likeness (QED) is 0.618. The van der Waals surface area contributed by atoms with E-state index in [1.807, 2.05) is 24.4 Å². The minimum atomic E-state index is 0. The van der Waals surface area contributed by atoms with E-state index in [1.54, 1.807) is 0 Å². The average molecular weight is 277 g/mol. The molecule has 1 aromatic rings. The van der Waals surface area contributed by atoms with Gasteiger partial charge in [0.15, 0.2) is 11.5 Å². The molecule has 1 atom stereocenters. The Bertz CT molecular complexity index is 567. The number of benzene rings is 1. The van der Waals surface area contributed by atoms with Crippen molar-refractivity contribution in [2.75, 3.05) is 0 Å². The molecule has 1 unspecified atom stereocenters. The number of hydrogen-bond acceptors (Lipinski definition) is 3. The molecule has 0 aromatic heterocycles. The van der Waals surface area contributed by atoms with Crippen LogP contribution in [-0.4, -0.2) is 11.8 Å². The van der Waals surface area contributed by atoms with Gasteiger partial charge in [0.1, 0.15) is 0 Å². The van der Waals surface area contributed by atoms with E-state index in [2.05, 4.69) is 43.2 Å². The molecule has 2 heterocycles. The Labute approximate surface area is 119 Å². The first-order valence-corrected chi connectivity index (χ1v) is 6.13. The van der Waals surface area contributed by atoms with Gasteiger partial charge in [-0.05, 0) is 0 Å². The third-order valence-corrected chi connectivity index (χ3v) is 3.12. The Kier molecular flexibility index (Phi) is 3.47. The molecular formula is C14H17ClN4. The van der Waals surface area contributed by atoms with E-state index in [0.717, 1.165) is 22.4 Å². The van der Waals surface area contributed by atoms with E-state index in [-0.39, 0.29) is 17.8 Å². The zero-order valence-electron chi connectivity index (χ0n) is 11.2. The lowest BCUT2D eigenvalue weighted by atomic mass is 9.92. The fourth-order valence-electron chi connectivity index (χ4n) is 2.12. The SMILES string of the molecule is CC(C)(C)C1=CN=C2NC(c3ccccc3)=N[NH+]12.[Cl-]. The minimum Gasteiger partial charge on any atom is -1.00 e. The number of halogens is 1. The molecule has 0 amide bonds. The molecule has 4 nitrogen and oxygen atoms in total. The first-order valence-electron chi connectivity index (χ1n) is 6.13. The van der Waals surface area contributed by atoms with E-state index in [4.69, 9.17) is 5.10 Å². The van der Waals surface area contributed by atoms with Crippen molar-refractivity contribution in [3.63, 3.8) is 0 Å². The molecule has 0 bridgehead atoms. The molecule has 2 N–H and O–H groups in total. The molecule has 0 saturated carbocycles. The number of allylic oxidation sites excluding steroid dienone is 1. The third kappa shape index (κ3) is 2.41. The smallest absolute Gasteiger partial charge is 0.338 e. The fraction of sp³-hybridized carbons (Fsp3) is 0.286. The van der Waals surface area contributed by atoms with Crippen molar-refractivity contribution in [2.24, 2.45) is 15.5 Å². The van der Waals surface area contributed by atoms with Crippen LogP contribution in [0.5, 0.6) is 0 Å². The van der Waals surface area contributed by atoms with Crippen molar-refractivity contribution < 1.29 is 17.4 Å². The van der Waals surface area contributed by atoms with E-state index in [1.165, 1.54) is 5.70 Å². The number of rotatable bonds is 1. The Morgan fingerprint density at radius 3 is 2.42 bits per heavy atom. The predicted molar refractivity (Wildman–Crippen MR) is 72.1 cm³/mol. The lowest BCUT2D eigenvalue weighted by molar-refractivity contribution is -0.771. The van der Waals surface area contributed by atoms with Crippen molar-refractivity contribution >= 4 is 11.8 Å². The van der Waals surface area contributed by atoms with Crippen LogP contribution in [0.4, 0.5) is 0 Å².